The first-order valence-corrected chi connectivity index (χ1v) is 4.99. The summed E-state index contributed by atoms with van der Waals surface area (Å²) in [5.74, 6) is 6.61. The van der Waals surface area contributed by atoms with Crippen LogP contribution in [0.1, 0.15) is 17.9 Å². The number of aliphatic imine (C=N–C) groups is 1. The third kappa shape index (κ3) is 0.930. The highest BCUT2D eigenvalue weighted by Crippen LogP contribution is 2.41. The average Bonchev–Trinajstić information content (AvgIpc) is 2.55. The first-order valence-electron chi connectivity index (χ1n) is 4.99. The van der Waals surface area contributed by atoms with E-state index in [1.807, 2.05) is 17.3 Å². The van der Waals surface area contributed by atoms with Gasteiger partial charge in [0.25, 0.3) is 0 Å². The Bertz CT molecular complexity index is 386. The summed E-state index contributed by atoms with van der Waals surface area (Å²) in [7, 11) is 0. The normalized spacial score (nSPS) is 28.8. The van der Waals surface area contributed by atoms with Crippen molar-refractivity contribution in [3.05, 3.63) is 29.8 Å². The molecule has 0 bridgehead atoms. The van der Waals surface area contributed by atoms with Crippen LogP contribution in [-0.4, -0.2) is 18.8 Å². The third-order valence-corrected chi connectivity index (χ3v) is 3.22. The van der Waals surface area contributed by atoms with Crippen molar-refractivity contribution in [3.63, 3.8) is 0 Å². The van der Waals surface area contributed by atoms with Gasteiger partial charge in [-0.15, -0.1) is 0 Å². The maximum atomic E-state index is 6.06. The number of para-hydroxylation sites is 1. The van der Waals surface area contributed by atoms with E-state index in [1.54, 1.807) is 0 Å². The number of nitrogens with zero attached hydrogens (tertiary/aromatic N) is 2. The molecule has 0 saturated heterocycles. The van der Waals surface area contributed by atoms with Gasteiger partial charge in [-0.2, -0.15) is 0 Å². The molecule has 0 fully saturated rings. The molecule has 3 heteroatoms. The Balaban J connectivity index is 2.10. The lowest BCUT2D eigenvalue weighted by Crippen LogP contribution is -2.43. The second kappa shape index (κ2) is 2.82. The van der Waals surface area contributed by atoms with E-state index in [0.29, 0.717) is 12.0 Å². The lowest BCUT2D eigenvalue weighted by atomic mass is 9.91. The fourth-order valence-electron chi connectivity index (χ4n) is 2.49. The van der Waals surface area contributed by atoms with Gasteiger partial charge in [0, 0.05) is 5.92 Å². The standard InChI is InChI=1S/C11H13N3/c12-14-10-4-2-1-3-8(10)9-5-6-13-7-11(9)14/h1-4,6,9,11H,5,7,12H2. The number of rotatable bonds is 0. The number of fused-ring (bicyclic) bond motifs is 3. The van der Waals surface area contributed by atoms with Gasteiger partial charge >= 0.3 is 0 Å². The molecule has 0 saturated carbocycles. The summed E-state index contributed by atoms with van der Waals surface area (Å²) >= 11 is 0. The molecule has 2 aliphatic rings. The fraction of sp³-hybridized carbons (Fsp3) is 0.364. The Morgan fingerprint density at radius 1 is 1.36 bits per heavy atom. The van der Waals surface area contributed by atoms with Crippen LogP contribution >= 0.6 is 0 Å². The molecule has 3 nitrogen and oxygen atoms in total. The molecular weight excluding hydrogens is 174 g/mol. The molecule has 0 radical (unpaired) electrons. The van der Waals surface area contributed by atoms with E-state index in [2.05, 4.69) is 23.2 Å². The number of nitrogens with two attached hydrogens (primary N) is 1. The van der Waals surface area contributed by atoms with Crippen LogP contribution in [-0.2, 0) is 0 Å². The average molecular weight is 187 g/mol. The quantitative estimate of drug-likeness (QED) is 0.622. The highest BCUT2D eigenvalue weighted by atomic mass is 15.4. The summed E-state index contributed by atoms with van der Waals surface area (Å²) in [6, 6.07) is 8.77. The zero-order valence-electron chi connectivity index (χ0n) is 7.93. The van der Waals surface area contributed by atoms with Crippen LogP contribution in [0.25, 0.3) is 0 Å². The van der Waals surface area contributed by atoms with Crippen molar-refractivity contribution >= 4 is 11.9 Å². The first-order chi connectivity index (χ1) is 6.88. The lowest BCUT2D eigenvalue weighted by Gasteiger charge is -2.26. The summed E-state index contributed by atoms with van der Waals surface area (Å²) in [6.07, 6.45) is 3.05. The van der Waals surface area contributed by atoms with Crippen LogP contribution in [0.5, 0.6) is 0 Å². The van der Waals surface area contributed by atoms with Crippen molar-refractivity contribution in [3.8, 4) is 0 Å². The Labute approximate surface area is 83.2 Å². The van der Waals surface area contributed by atoms with Crippen molar-refractivity contribution in [2.75, 3.05) is 11.6 Å². The van der Waals surface area contributed by atoms with Gasteiger partial charge in [0.2, 0.25) is 0 Å². The predicted octanol–water partition coefficient (Wildman–Crippen LogP) is 1.31. The molecule has 0 aliphatic carbocycles. The molecule has 3 rings (SSSR count). The van der Waals surface area contributed by atoms with Crippen molar-refractivity contribution in [1.82, 2.24) is 0 Å². The van der Waals surface area contributed by atoms with E-state index in [4.69, 9.17) is 5.84 Å². The Morgan fingerprint density at radius 2 is 2.21 bits per heavy atom. The third-order valence-electron chi connectivity index (χ3n) is 3.22. The van der Waals surface area contributed by atoms with Gasteiger partial charge in [0.15, 0.2) is 0 Å². The molecule has 14 heavy (non-hydrogen) atoms. The molecule has 2 N–H and O–H groups in total. The van der Waals surface area contributed by atoms with Gasteiger partial charge in [0.1, 0.15) is 0 Å². The van der Waals surface area contributed by atoms with Gasteiger partial charge in [-0.3, -0.25) is 4.99 Å². The largest absolute Gasteiger partial charge is 0.305 e. The smallest absolute Gasteiger partial charge is 0.0720 e. The summed E-state index contributed by atoms with van der Waals surface area (Å²) < 4.78 is 0. The summed E-state index contributed by atoms with van der Waals surface area (Å²) in [4.78, 5) is 4.31. The molecule has 0 spiro atoms. The second-order valence-electron chi connectivity index (χ2n) is 3.92. The van der Waals surface area contributed by atoms with Crippen LogP contribution in [0.4, 0.5) is 5.69 Å². The van der Waals surface area contributed by atoms with Crippen LogP contribution in [0, 0.1) is 0 Å². The van der Waals surface area contributed by atoms with Crippen LogP contribution in [0.15, 0.2) is 29.3 Å². The lowest BCUT2D eigenvalue weighted by molar-refractivity contribution is 0.536. The monoisotopic (exact) mass is 187 g/mol. The van der Waals surface area contributed by atoms with E-state index in [0.717, 1.165) is 13.0 Å². The summed E-state index contributed by atoms with van der Waals surface area (Å²) in [5.41, 5.74) is 2.55. The SMILES string of the molecule is NN1c2ccccc2C2CC=NCC21. The highest BCUT2D eigenvalue weighted by molar-refractivity contribution is 5.68. The van der Waals surface area contributed by atoms with Gasteiger partial charge < -0.3 is 5.01 Å². The zero-order valence-corrected chi connectivity index (χ0v) is 7.93. The van der Waals surface area contributed by atoms with Crippen LogP contribution in [0.3, 0.4) is 0 Å². The number of hydrogen-bond donors (Lipinski definition) is 1. The molecule has 2 atom stereocenters. The predicted molar refractivity (Wildman–Crippen MR) is 57.6 cm³/mol. The number of anilines is 1. The molecule has 72 valence electrons. The second-order valence-corrected chi connectivity index (χ2v) is 3.92. The van der Waals surface area contributed by atoms with Crippen molar-refractivity contribution < 1.29 is 0 Å². The van der Waals surface area contributed by atoms with Gasteiger partial charge in [-0.1, -0.05) is 18.2 Å². The fourth-order valence-corrected chi connectivity index (χ4v) is 2.49. The molecule has 1 aromatic rings. The highest BCUT2D eigenvalue weighted by Gasteiger charge is 2.37. The van der Waals surface area contributed by atoms with Crippen LogP contribution < -0.4 is 10.9 Å². The Kier molecular flexibility index (Phi) is 1.61. The Hall–Kier alpha value is -1.35. The summed E-state index contributed by atoms with van der Waals surface area (Å²) in [6.45, 7) is 0.829. The minimum absolute atomic E-state index is 0.373. The molecule has 1 aromatic carbocycles. The molecule has 2 aliphatic heterocycles. The van der Waals surface area contributed by atoms with E-state index in [1.165, 1.54) is 11.3 Å². The molecule has 0 aromatic heterocycles. The first kappa shape index (κ1) is 8.00. The minimum atomic E-state index is 0.373. The van der Waals surface area contributed by atoms with E-state index >= 15 is 0 Å². The zero-order chi connectivity index (χ0) is 9.54. The van der Waals surface area contributed by atoms with Gasteiger partial charge in [0.05, 0.1) is 18.3 Å². The van der Waals surface area contributed by atoms with Crippen LogP contribution in [0.2, 0.25) is 0 Å². The topological polar surface area (TPSA) is 41.6 Å². The van der Waals surface area contributed by atoms with E-state index < -0.39 is 0 Å². The van der Waals surface area contributed by atoms with Crippen molar-refractivity contribution in [2.24, 2.45) is 10.8 Å². The van der Waals surface area contributed by atoms with Crippen molar-refractivity contribution in [2.45, 2.75) is 18.4 Å². The Morgan fingerprint density at radius 3 is 3.14 bits per heavy atom. The van der Waals surface area contributed by atoms with Crippen molar-refractivity contribution in [1.29, 1.82) is 0 Å². The van der Waals surface area contributed by atoms with Gasteiger partial charge in [-0.25, -0.2) is 5.84 Å². The van der Waals surface area contributed by atoms with E-state index in [-0.39, 0.29) is 0 Å². The number of hydrogen-bond acceptors (Lipinski definition) is 3. The molecular formula is C11H13N3. The minimum Gasteiger partial charge on any atom is -0.305 e. The van der Waals surface area contributed by atoms with Gasteiger partial charge in [-0.05, 0) is 24.3 Å². The maximum Gasteiger partial charge on any atom is 0.0720 e. The summed E-state index contributed by atoms with van der Waals surface area (Å²) in [5, 5.41) is 1.89. The molecule has 2 unspecified atom stereocenters. The number of benzene rings is 1. The molecule has 0 amide bonds. The van der Waals surface area contributed by atoms with E-state index in [9.17, 15) is 0 Å². The maximum absolute atomic E-state index is 6.06. The number of hydrazine groups is 1. The molecule has 2 heterocycles.